The quantitative estimate of drug-likeness (QED) is 0.852. The number of nitrogens with one attached hydrogen (secondary N) is 1. The molecule has 2 aromatic rings. The number of rotatable bonds is 2. The molecule has 2 aromatic heterocycles. The molecule has 0 aromatic carbocycles. The highest BCUT2D eigenvalue weighted by Gasteiger charge is 2.25. The van der Waals surface area contributed by atoms with Crippen LogP contribution in [0.25, 0.3) is 11.0 Å². The monoisotopic (exact) mass is 327 g/mol. The number of piperidine rings is 1. The first-order valence-electron chi connectivity index (χ1n) is 9.31. The number of aromatic nitrogens is 4. The molecule has 7 heteroatoms. The molecule has 6 nitrogen and oxygen atoms in total. The number of nitrogens with zero attached hydrogens (tertiary/aromatic N) is 4. The molecule has 1 N–H and O–H groups in total. The van der Waals surface area contributed by atoms with Crippen LogP contribution in [0.2, 0.25) is 0 Å². The van der Waals surface area contributed by atoms with Gasteiger partial charge in [0.25, 0.3) is 5.56 Å². The highest BCUT2D eigenvalue weighted by molar-refractivity contribution is 6.04. The molecule has 1 saturated heterocycles. The lowest BCUT2D eigenvalue weighted by atomic mass is 9.95. The van der Waals surface area contributed by atoms with Crippen molar-refractivity contribution < 1.29 is 0 Å². The maximum atomic E-state index is 12.7. The van der Waals surface area contributed by atoms with Crippen molar-refractivity contribution in [2.45, 2.75) is 63.8 Å². The molecule has 1 saturated carbocycles. The summed E-state index contributed by atoms with van der Waals surface area (Å²) in [5.41, 5.74) is 1.57. The third-order valence-electron chi connectivity index (χ3n) is 5.69. The van der Waals surface area contributed by atoms with Crippen molar-refractivity contribution in [1.82, 2.24) is 24.6 Å². The summed E-state index contributed by atoms with van der Waals surface area (Å²) in [4.78, 5) is 23.0. The Morgan fingerprint density at radius 2 is 1.96 bits per heavy atom. The summed E-state index contributed by atoms with van der Waals surface area (Å²) in [7, 11) is 2.14. The number of aromatic amines is 1. The first-order valence-corrected chi connectivity index (χ1v) is 9.31. The summed E-state index contributed by atoms with van der Waals surface area (Å²) >= 11 is 0. The lowest BCUT2D eigenvalue weighted by Gasteiger charge is -2.29. The van der Waals surface area contributed by atoms with E-state index in [-0.39, 0.29) is 5.56 Å². The first-order chi connectivity index (χ1) is 11.6. The fourth-order valence-electron chi connectivity index (χ4n) is 4.39. The maximum Gasteiger partial charge on any atom is 0.262 e. The summed E-state index contributed by atoms with van der Waals surface area (Å²) in [6, 6.07) is 0.395. The van der Waals surface area contributed by atoms with E-state index in [0.717, 1.165) is 55.9 Å². The first kappa shape index (κ1) is 15.9. The molecule has 0 radical (unpaired) electrons. The van der Waals surface area contributed by atoms with Crippen molar-refractivity contribution in [3.05, 3.63) is 21.9 Å². The van der Waals surface area contributed by atoms with Crippen molar-refractivity contribution in [3.63, 3.8) is 0 Å². The van der Waals surface area contributed by atoms with Crippen LogP contribution in [0.5, 0.6) is 0 Å². The molecule has 4 rings (SSSR count). The highest BCUT2D eigenvalue weighted by atomic mass is 16.1. The van der Waals surface area contributed by atoms with Gasteiger partial charge in [0.2, 0.25) is 0 Å². The van der Waals surface area contributed by atoms with Gasteiger partial charge in [-0.3, -0.25) is 4.79 Å². The zero-order valence-corrected chi connectivity index (χ0v) is 14.7. The second-order valence-corrected chi connectivity index (χ2v) is 7.57. The predicted octanol–water partition coefficient (Wildman–Crippen LogP) is 1.66. The number of fused-ring (bicyclic) bond motifs is 1. The third-order valence-corrected chi connectivity index (χ3v) is 5.69. The minimum absolute atomic E-state index is 0.0252. The van der Waals surface area contributed by atoms with Crippen LogP contribution >= 0.6 is 0 Å². The largest absolute Gasteiger partial charge is 0.348 e. The van der Waals surface area contributed by atoms with Crippen LogP contribution in [-0.4, -0.2) is 45.6 Å². The molecule has 3 heterocycles. The number of aryl methyl sites for hydroxylation is 1. The third kappa shape index (κ3) is 2.79. The van der Waals surface area contributed by atoms with Crippen molar-refractivity contribution >= 4 is 19.0 Å². The predicted molar refractivity (Wildman–Crippen MR) is 97.1 cm³/mol. The Labute approximate surface area is 143 Å². The molecule has 1 aliphatic carbocycles. The van der Waals surface area contributed by atoms with E-state index in [2.05, 4.69) is 22.5 Å². The van der Waals surface area contributed by atoms with Crippen molar-refractivity contribution in [2.24, 2.45) is 0 Å². The normalized spacial score (nSPS) is 23.8. The summed E-state index contributed by atoms with van der Waals surface area (Å²) in [5.74, 6) is 1.16. The van der Waals surface area contributed by atoms with Gasteiger partial charge in [-0.15, -0.1) is 0 Å². The fraction of sp³-hybridized carbons (Fsp3) is 0.706. The average Bonchev–Trinajstić information content (AvgIpc) is 2.93. The van der Waals surface area contributed by atoms with Gasteiger partial charge < -0.3 is 9.79 Å². The van der Waals surface area contributed by atoms with Gasteiger partial charge in [0.1, 0.15) is 11.2 Å². The standard InChI is InChI=1S/C17H26BN5O/c1-11-14-16(23(21-11)13-7-3-2-4-8-13)19-15(20-17(14)24)12-6-5-9-22(18)10-12/h12-13H,2-10,18H2,1H3,(H,19,20,24). The smallest absolute Gasteiger partial charge is 0.262 e. The second-order valence-electron chi connectivity index (χ2n) is 7.57. The molecule has 24 heavy (non-hydrogen) atoms. The Morgan fingerprint density at radius 3 is 2.71 bits per heavy atom. The topological polar surface area (TPSA) is 66.8 Å². The average molecular weight is 327 g/mol. The molecular weight excluding hydrogens is 301 g/mol. The Kier molecular flexibility index (Phi) is 4.20. The Hall–Kier alpha value is -1.63. The molecule has 0 bridgehead atoms. The van der Waals surface area contributed by atoms with Crippen LogP contribution in [0, 0.1) is 6.92 Å². The van der Waals surface area contributed by atoms with E-state index in [4.69, 9.17) is 10.1 Å². The Bertz CT molecular complexity index is 792. The van der Waals surface area contributed by atoms with E-state index in [9.17, 15) is 4.79 Å². The van der Waals surface area contributed by atoms with Gasteiger partial charge in [-0.1, -0.05) is 19.3 Å². The molecule has 128 valence electrons. The summed E-state index contributed by atoms with van der Waals surface area (Å²) in [5, 5.41) is 5.37. The molecule has 1 atom stereocenters. The van der Waals surface area contributed by atoms with E-state index in [1.165, 1.54) is 19.3 Å². The molecule has 1 unspecified atom stereocenters. The fourth-order valence-corrected chi connectivity index (χ4v) is 4.39. The lowest BCUT2D eigenvalue weighted by molar-refractivity contribution is 0.321. The SMILES string of the molecule is BN1CCCC(c2nc3c(c(C)nn3C3CCCCC3)c(=O)[nH]2)C1. The van der Waals surface area contributed by atoms with Crippen molar-refractivity contribution in [1.29, 1.82) is 0 Å². The van der Waals surface area contributed by atoms with E-state index in [1.807, 2.05) is 6.92 Å². The van der Waals surface area contributed by atoms with E-state index in [1.54, 1.807) is 0 Å². The minimum Gasteiger partial charge on any atom is -0.348 e. The molecular formula is C17H26BN5O. The lowest BCUT2D eigenvalue weighted by Crippen LogP contribution is -2.33. The van der Waals surface area contributed by atoms with Gasteiger partial charge in [-0.25, -0.2) is 9.67 Å². The Balaban J connectivity index is 1.79. The van der Waals surface area contributed by atoms with Crippen molar-refractivity contribution in [2.75, 3.05) is 13.1 Å². The Morgan fingerprint density at radius 1 is 1.17 bits per heavy atom. The second kappa shape index (κ2) is 6.35. The summed E-state index contributed by atoms with van der Waals surface area (Å²) < 4.78 is 2.05. The van der Waals surface area contributed by atoms with Crippen LogP contribution < -0.4 is 5.56 Å². The van der Waals surface area contributed by atoms with E-state index >= 15 is 0 Å². The van der Waals surface area contributed by atoms with Crippen LogP contribution in [0.15, 0.2) is 4.79 Å². The van der Waals surface area contributed by atoms with Gasteiger partial charge >= 0.3 is 0 Å². The number of hydrogen-bond acceptors (Lipinski definition) is 4. The maximum absolute atomic E-state index is 12.7. The van der Waals surface area contributed by atoms with Crippen molar-refractivity contribution in [3.8, 4) is 0 Å². The summed E-state index contributed by atoms with van der Waals surface area (Å²) in [6.45, 7) is 4.01. The van der Waals surface area contributed by atoms with Crippen LogP contribution in [0.3, 0.4) is 0 Å². The number of H-pyrrole nitrogens is 1. The molecule has 0 spiro atoms. The highest BCUT2D eigenvalue weighted by Crippen LogP contribution is 2.31. The van der Waals surface area contributed by atoms with Gasteiger partial charge in [0.15, 0.2) is 13.6 Å². The molecule has 0 amide bonds. The van der Waals surface area contributed by atoms with Crippen LogP contribution in [0.1, 0.15) is 68.4 Å². The van der Waals surface area contributed by atoms with Gasteiger partial charge in [0, 0.05) is 5.92 Å². The number of hydrogen-bond donors (Lipinski definition) is 1. The van der Waals surface area contributed by atoms with Gasteiger partial charge in [-0.05, 0) is 45.7 Å². The van der Waals surface area contributed by atoms with E-state index in [0.29, 0.717) is 17.3 Å². The minimum atomic E-state index is -0.0252. The zero-order chi connectivity index (χ0) is 16.7. The summed E-state index contributed by atoms with van der Waals surface area (Å²) in [6.07, 6.45) is 8.34. The van der Waals surface area contributed by atoms with Crippen LogP contribution in [0.4, 0.5) is 0 Å². The van der Waals surface area contributed by atoms with Gasteiger partial charge in [-0.2, -0.15) is 5.10 Å². The van der Waals surface area contributed by atoms with Crippen LogP contribution in [-0.2, 0) is 0 Å². The zero-order valence-electron chi connectivity index (χ0n) is 14.7. The molecule has 1 aliphatic heterocycles. The molecule has 2 fully saturated rings. The van der Waals surface area contributed by atoms with Gasteiger partial charge in [0.05, 0.1) is 11.7 Å². The van der Waals surface area contributed by atoms with E-state index < -0.39 is 0 Å². The molecule has 2 aliphatic rings.